The molecule has 4 heteroatoms. The molecule has 0 unspecified atom stereocenters. The number of nitrogens with zero attached hydrogens (tertiary/aromatic N) is 2. The van der Waals surface area contributed by atoms with Gasteiger partial charge >= 0.3 is 0 Å². The summed E-state index contributed by atoms with van der Waals surface area (Å²) in [6.45, 7) is 3.91. The summed E-state index contributed by atoms with van der Waals surface area (Å²) in [5, 5.41) is 6.31. The zero-order valence-electron chi connectivity index (χ0n) is 4.55. The van der Waals surface area contributed by atoms with E-state index >= 15 is 0 Å². The molecule has 7 heavy (non-hydrogen) atoms. The molecule has 0 saturated heterocycles. The first kappa shape index (κ1) is 6.20. The fraction of sp³-hybridized carbons (Fsp3) is 1.00. The minimum Gasteiger partial charge on any atom is -0.303 e. The first-order valence-electron chi connectivity index (χ1n) is 2.13. The third-order valence-corrected chi connectivity index (χ3v) is 0.374. The van der Waals surface area contributed by atoms with Crippen LogP contribution in [-0.2, 0) is 0 Å². The highest BCUT2D eigenvalue weighted by Gasteiger charge is 1.82. The van der Waals surface area contributed by atoms with Crippen molar-refractivity contribution in [3.63, 3.8) is 0 Å². The SMILES string of the molecule is CC(C)N/N=N/N. The largest absolute Gasteiger partial charge is 0.303 e. The van der Waals surface area contributed by atoms with Gasteiger partial charge < -0.3 is 5.84 Å². The zero-order chi connectivity index (χ0) is 5.70. The maximum atomic E-state index is 4.67. The van der Waals surface area contributed by atoms with Crippen LogP contribution < -0.4 is 11.3 Å². The molecular formula is C3H10N4. The van der Waals surface area contributed by atoms with Gasteiger partial charge in [0.05, 0.1) is 0 Å². The summed E-state index contributed by atoms with van der Waals surface area (Å²) in [4.78, 5) is 0. The Labute approximate surface area is 42.7 Å². The van der Waals surface area contributed by atoms with Gasteiger partial charge in [-0.25, -0.2) is 0 Å². The van der Waals surface area contributed by atoms with E-state index in [1.807, 2.05) is 13.8 Å². The van der Waals surface area contributed by atoms with E-state index < -0.39 is 0 Å². The monoisotopic (exact) mass is 102 g/mol. The Balaban J connectivity index is 2.97. The lowest BCUT2D eigenvalue weighted by Crippen LogP contribution is -2.15. The molecule has 42 valence electrons. The molecule has 0 heterocycles. The minimum atomic E-state index is 0.312. The van der Waals surface area contributed by atoms with Crippen LogP contribution in [0.25, 0.3) is 0 Å². The average Bonchev–Trinajstić information content (AvgIpc) is 1.61. The maximum Gasteiger partial charge on any atom is 0.0401 e. The molecule has 0 aromatic carbocycles. The van der Waals surface area contributed by atoms with Gasteiger partial charge in [0.25, 0.3) is 0 Å². The summed E-state index contributed by atoms with van der Waals surface area (Å²) in [6.07, 6.45) is 0. The van der Waals surface area contributed by atoms with E-state index in [1.165, 1.54) is 0 Å². The van der Waals surface area contributed by atoms with Crippen molar-refractivity contribution in [2.75, 3.05) is 0 Å². The standard InChI is InChI=1S/C3H10N4/c1-3(2)5-7-6-4/h3H,1-2H3,(H2,4,7)(H,5,6). The molecule has 0 fully saturated rings. The van der Waals surface area contributed by atoms with Crippen molar-refractivity contribution in [1.82, 2.24) is 5.43 Å². The van der Waals surface area contributed by atoms with Gasteiger partial charge in [0.1, 0.15) is 0 Å². The Bertz CT molecular complexity index is 58.0. The molecule has 3 N–H and O–H groups in total. The predicted octanol–water partition coefficient (Wildman–Crippen LogP) is 0.225. The van der Waals surface area contributed by atoms with Gasteiger partial charge in [0.2, 0.25) is 0 Å². The third kappa shape index (κ3) is 5.20. The Morgan fingerprint density at radius 2 is 2.14 bits per heavy atom. The molecule has 0 atom stereocenters. The Kier molecular flexibility index (Phi) is 3.00. The summed E-state index contributed by atoms with van der Waals surface area (Å²) in [6, 6.07) is 0.312. The first-order chi connectivity index (χ1) is 3.27. The fourth-order valence-electron chi connectivity index (χ4n) is 0.149. The lowest BCUT2D eigenvalue weighted by molar-refractivity contribution is 0.582. The van der Waals surface area contributed by atoms with Crippen LogP contribution in [0.4, 0.5) is 0 Å². The molecule has 0 aliphatic rings. The number of nitrogens with two attached hydrogens (primary N) is 1. The Hall–Kier alpha value is -0.800. The van der Waals surface area contributed by atoms with Gasteiger partial charge in [0, 0.05) is 6.04 Å². The van der Waals surface area contributed by atoms with E-state index in [0.29, 0.717) is 6.04 Å². The normalized spacial score (nSPS) is 10.7. The second-order valence-corrected chi connectivity index (χ2v) is 1.50. The van der Waals surface area contributed by atoms with Crippen molar-refractivity contribution < 1.29 is 0 Å². The second-order valence-electron chi connectivity index (χ2n) is 1.50. The maximum absolute atomic E-state index is 4.67. The highest BCUT2D eigenvalue weighted by atomic mass is 15.5. The molecule has 0 aliphatic carbocycles. The van der Waals surface area contributed by atoms with Gasteiger partial charge in [-0.05, 0) is 13.8 Å². The van der Waals surface area contributed by atoms with Crippen LogP contribution >= 0.6 is 0 Å². The number of hydrogen-bond donors (Lipinski definition) is 2. The van der Waals surface area contributed by atoms with E-state index in [-0.39, 0.29) is 0 Å². The van der Waals surface area contributed by atoms with Crippen molar-refractivity contribution in [3.05, 3.63) is 0 Å². The summed E-state index contributed by atoms with van der Waals surface area (Å²) < 4.78 is 0. The van der Waals surface area contributed by atoms with E-state index in [0.717, 1.165) is 0 Å². The molecule has 0 amide bonds. The van der Waals surface area contributed by atoms with Crippen LogP contribution in [0.2, 0.25) is 0 Å². The quantitative estimate of drug-likeness (QED) is 0.298. The van der Waals surface area contributed by atoms with Crippen molar-refractivity contribution in [1.29, 1.82) is 0 Å². The highest BCUT2D eigenvalue weighted by molar-refractivity contribution is 4.40. The second kappa shape index (κ2) is 3.39. The minimum absolute atomic E-state index is 0.312. The summed E-state index contributed by atoms with van der Waals surface area (Å²) in [5.74, 6) is 4.67. The summed E-state index contributed by atoms with van der Waals surface area (Å²) in [7, 11) is 0. The van der Waals surface area contributed by atoms with Crippen molar-refractivity contribution in [2.24, 2.45) is 16.3 Å². The van der Waals surface area contributed by atoms with Gasteiger partial charge in [0.15, 0.2) is 0 Å². The predicted molar refractivity (Wildman–Crippen MR) is 27.3 cm³/mol. The molecule has 0 aliphatic heterocycles. The van der Waals surface area contributed by atoms with Crippen LogP contribution in [0.1, 0.15) is 13.8 Å². The van der Waals surface area contributed by atoms with Gasteiger partial charge in [-0.1, -0.05) is 10.4 Å². The van der Waals surface area contributed by atoms with Crippen LogP contribution in [0, 0.1) is 0 Å². The smallest absolute Gasteiger partial charge is 0.0401 e. The Morgan fingerprint density at radius 1 is 1.57 bits per heavy atom. The van der Waals surface area contributed by atoms with Crippen LogP contribution in [-0.4, -0.2) is 6.04 Å². The molecule has 4 nitrogen and oxygen atoms in total. The first-order valence-corrected chi connectivity index (χ1v) is 2.13. The third-order valence-electron chi connectivity index (χ3n) is 0.374. The molecule has 0 radical (unpaired) electrons. The molecule has 0 bridgehead atoms. The summed E-state index contributed by atoms with van der Waals surface area (Å²) >= 11 is 0. The van der Waals surface area contributed by atoms with Gasteiger partial charge in [-0.15, -0.1) is 0 Å². The lowest BCUT2D eigenvalue weighted by Gasteiger charge is -1.97. The molecule has 0 spiro atoms. The van der Waals surface area contributed by atoms with E-state index in [1.54, 1.807) is 0 Å². The number of rotatable bonds is 2. The topological polar surface area (TPSA) is 62.8 Å². The number of nitrogens with one attached hydrogen (secondary N) is 1. The fourth-order valence-corrected chi connectivity index (χ4v) is 0.149. The molecule has 0 aromatic rings. The van der Waals surface area contributed by atoms with Gasteiger partial charge in [-0.2, -0.15) is 0 Å². The van der Waals surface area contributed by atoms with E-state index in [4.69, 9.17) is 0 Å². The van der Waals surface area contributed by atoms with Crippen molar-refractivity contribution >= 4 is 0 Å². The van der Waals surface area contributed by atoms with E-state index in [9.17, 15) is 0 Å². The van der Waals surface area contributed by atoms with Crippen molar-refractivity contribution in [2.45, 2.75) is 19.9 Å². The molecule has 0 saturated carbocycles. The molecule has 0 rings (SSSR count). The molecule has 0 aromatic heterocycles. The van der Waals surface area contributed by atoms with Gasteiger partial charge in [-0.3, -0.25) is 5.43 Å². The number of hydrogen-bond acceptors (Lipinski definition) is 2. The highest BCUT2D eigenvalue weighted by Crippen LogP contribution is 1.72. The van der Waals surface area contributed by atoms with Crippen LogP contribution in [0.15, 0.2) is 10.4 Å². The van der Waals surface area contributed by atoms with Crippen LogP contribution in [0.5, 0.6) is 0 Å². The summed E-state index contributed by atoms with van der Waals surface area (Å²) in [5.41, 5.74) is 2.63. The van der Waals surface area contributed by atoms with Crippen LogP contribution in [0.3, 0.4) is 0 Å². The molecular weight excluding hydrogens is 92.1 g/mol. The Morgan fingerprint density at radius 3 is 2.29 bits per heavy atom. The lowest BCUT2D eigenvalue weighted by atomic mass is 10.4. The van der Waals surface area contributed by atoms with E-state index in [2.05, 4.69) is 21.7 Å². The zero-order valence-corrected chi connectivity index (χ0v) is 4.55. The average molecular weight is 102 g/mol. The van der Waals surface area contributed by atoms with Crippen molar-refractivity contribution in [3.8, 4) is 0 Å².